The van der Waals surface area contributed by atoms with Crippen molar-refractivity contribution in [1.29, 1.82) is 0 Å². The van der Waals surface area contributed by atoms with Crippen molar-refractivity contribution in [3.8, 4) is 34.5 Å². The van der Waals surface area contributed by atoms with Crippen molar-refractivity contribution in [2.24, 2.45) is 0 Å². The molecule has 0 radical (unpaired) electrons. The second kappa shape index (κ2) is 20.1. The monoisotopic (exact) mass is 899 g/mol. The van der Waals surface area contributed by atoms with Crippen molar-refractivity contribution >= 4 is 10.1 Å². The second-order valence-corrected chi connectivity index (χ2v) is 19.4. The van der Waals surface area contributed by atoms with E-state index < -0.39 is 21.4 Å². The molecule has 0 N–H and O–H groups in total. The Morgan fingerprint density at radius 2 is 0.889 bits per heavy atom. The number of benzene rings is 3. The van der Waals surface area contributed by atoms with Crippen molar-refractivity contribution in [2.75, 3.05) is 66.4 Å². The Labute approximate surface area is 371 Å². The van der Waals surface area contributed by atoms with Gasteiger partial charge in [0.2, 0.25) is 6.79 Å². The number of fused-ring (bicyclic) bond motifs is 5. The highest BCUT2D eigenvalue weighted by molar-refractivity contribution is 7.88. The Morgan fingerprint density at radius 3 is 1.25 bits per heavy atom. The maximum absolute atomic E-state index is 13.1. The van der Waals surface area contributed by atoms with Gasteiger partial charge >= 0.3 is 15.6 Å². The number of alkyl halides is 3. The van der Waals surface area contributed by atoms with Gasteiger partial charge in [-0.1, -0.05) is 26.7 Å². The highest BCUT2D eigenvalue weighted by Crippen LogP contribution is 2.41. The van der Waals surface area contributed by atoms with E-state index in [1.807, 2.05) is 0 Å². The summed E-state index contributed by atoms with van der Waals surface area (Å²) in [7, 11) is -4.53. The van der Waals surface area contributed by atoms with E-state index in [0.29, 0.717) is 44.9 Å². The van der Waals surface area contributed by atoms with Gasteiger partial charge in [0.05, 0.1) is 7.11 Å². The van der Waals surface area contributed by atoms with Gasteiger partial charge in [-0.2, -0.15) is 21.6 Å². The number of halogens is 3. The number of unbranched alkanes of at least 4 members (excludes halogenated alkanes) is 4. The summed E-state index contributed by atoms with van der Waals surface area (Å²) in [5, 5.41) is 0. The van der Waals surface area contributed by atoms with E-state index >= 15 is 0 Å². The minimum Gasteiger partial charge on any atom is -0.493 e. The largest absolute Gasteiger partial charge is 0.534 e. The van der Waals surface area contributed by atoms with E-state index in [1.54, 1.807) is 6.07 Å². The predicted octanol–water partition coefficient (Wildman–Crippen LogP) is 8.29. The number of hydrogen-bond donors (Lipinski definition) is 0. The highest BCUT2D eigenvalue weighted by atomic mass is 32.2. The Bertz CT molecular complexity index is 2100. The topological polar surface area (TPSA) is 99.2 Å². The molecule has 0 saturated heterocycles. The summed E-state index contributed by atoms with van der Waals surface area (Å²) in [4.78, 5) is 7.94. The number of ether oxygens (including phenoxy) is 5. The first-order valence-electron chi connectivity index (χ1n) is 23.2. The van der Waals surface area contributed by atoms with Gasteiger partial charge in [-0.25, -0.2) is 0 Å². The summed E-state index contributed by atoms with van der Waals surface area (Å²) in [6.45, 7) is 12.1. The average Bonchev–Trinajstić information content (AvgIpc) is 4.07. The van der Waals surface area contributed by atoms with Crippen LogP contribution in [0, 0.1) is 0 Å². The number of hydrogen-bond acceptors (Lipinski definition) is 11. The molecule has 0 aromatic heterocycles. The van der Waals surface area contributed by atoms with Crippen LogP contribution < -0.4 is 27.9 Å². The van der Waals surface area contributed by atoms with Crippen molar-refractivity contribution < 1.29 is 49.5 Å². The second-order valence-electron chi connectivity index (χ2n) is 17.9. The Kier molecular flexibility index (Phi) is 14.5. The van der Waals surface area contributed by atoms with Gasteiger partial charge in [0.25, 0.3) is 0 Å². The maximum Gasteiger partial charge on any atom is 0.534 e. The zero-order valence-electron chi connectivity index (χ0n) is 37.1. The van der Waals surface area contributed by atoms with Gasteiger partial charge in [0.1, 0.15) is 13.2 Å². The van der Waals surface area contributed by atoms with E-state index in [2.05, 4.69) is 57.0 Å². The SMILES string of the molecule is CCCN(CCCCCN(CCCCCN(CCC)C1Cc2cc(OC)c(OS(=O)(=O)C(F)(F)F)cc2C1)C1Cc2cc3c(cc2C1)OCCO3)C1Cc2cc3c(cc2C1)OCO3. The zero-order chi connectivity index (χ0) is 44.1. The van der Waals surface area contributed by atoms with Crippen LogP contribution in [0.15, 0.2) is 36.4 Å². The van der Waals surface area contributed by atoms with Crippen molar-refractivity contribution in [3.05, 3.63) is 69.8 Å². The zero-order valence-corrected chi connectivity index (χ0v) is 37.9. The molecule has 0 fully saturated rings. The Hall–Kier alpha value is -3.92. The summed E-state index contributed by atoms with van der Waals surface area (Å²) < 4.78 is 96.1. The summed E-state index contributed by atoms with van der Waals surface area (Å²) in [5.41, 5.74) is 1.74. The molecule has 0 saturated carbocycles. The molecule has 0 amide bonds. The molecule has 8 rings (SSSR count). The molecular weight excluding hydrogens is 836 g/mol. The van der Waals surface area contributed by atoms with E-state index in [4.69, 9.17) is 23.7 Å². The summed E-state index contributed by atoms with van der Waals surface area (Å²) in [5.74, 6) is 3.04. The number of rotatable bonds is 22. The molecule has 1 unspecified atom stereocenters. The normalized spacial score (nSPS) is 18.1. The van der Waals surface area contributed by atoms with E-state index in [-0.39, 0.29) is 11.8 Å². The van der Waals surface area contributed by atoms with Gasteiger partial charge in [0.15, 0.2) is 34.5 Å². The van der Waals surface area contributed by atoms with Crippen LogP contribution in [-0.2, 0) is 48.6 Å². The molecule has 0 bridgehead atoms. The predicted molar refractivity (Wildman–Crippen MR) is 235 cm³/mol. The van der Waals surface area contributed by atoms with Crippen LogP contribution in [0.1, 0.15) is 98.6 Å². The lowest BCUT2D eigenvalue weighted by molar-refractivity contribution is -0.0500. The summed E-state index contributed by atoms with van der Waals surface area (Å²) in [6, 6.07) is 13.0. The molecule has 3 aromatic carbocycles. The molecule has 5 aliphatic rings. The summed E-state index contributed by atoms with van der Waals surface area (Å²) >= 11 is 0. The first kappa shape index (κ1) is 45.6. The molecule has 63 heavy (non-hydrogen) atoms. The van der Waals surface area contributed by atoms with Crippen LogP contribution in [0.4, 0.5) is 13.2 Å². The van der Waals surface area contributed by atoms with Gasteiger partial charge in [-0.05, 0) is 186 Å². The van der Waals surface area contributed by atoms with E-state index in [9.17, 15) is 21.6 Å². The molecule has 15 heteroatoms. The minimum atomic E-state index is -5.82. The molecule has 1 atom stereocenters. The maximum atomic E-state index is 13.1. The fourth-order valence-corrected chi connectivity index (χ4v) is 11.0. The Morgan fingerprint density at radius 1 is 0.540 bits per heavy atom. The fraction of sp³-hybridized carbons (Fsp3) is 0.625. The third-order valence-electron chi connectivity index (χ3n) is 13.6. The van der Waals surface area contributed by atoms with Gasteiger partial charge in [-0.15, -0.1) is 0 Å². The van der Waals surface area contributed by atoms with Gasteiger partial charge < -0.3 is 27.9 Å². The van der Waals surface area contributed by atoms with E-state index in [0.717, 1.165) is 138 Å². The van der Waals surface area contributed by atoms with Crippen molar-refractivity contribution in [2.45, 2.75) is 127 Å². The van der Waals surface area contributed by atoms with Crippen LogP contribution in [0.5, 0.6) is 34.5 Å². The summed E-state index contributed by atoms with van der Waals surface area (Å²) in [6.07, 6.45) is 14.4. The molecule has 2 heterocycles. The number of nitrogens with zero attached hydrogens (tertiary/aromatic N) is 3. The molecule has 2 aliphatic heterocycles. The molecule has 3 aliphatic carbocycles. The van der Waals surface area contributed by atoms with E-state index in [1.165, 1.54) is 48.3 Å². The standard InChI is InChI=1S/C48H64F3N3O8S/c1-4-12-52(39-20-33-26-42(57-3)47(31-38(33)25-39)62-63(55,56)48(49,50)51)14-8-6-10-16-54(41-23-34-27-43-44(28-35(34)24-41)59-19-18-58-43)17-11-7-9-15-53(13-5-2)40-21-36-29-45-46(61-32-60-45)30-37(36)22-40/h26-31,39-41H,4-25,32H2,1-3H3. The van der Waals surface area contributed by atoms with Crippen LogP contribution in [-0.4, -0.2) is 113 Å². The first-order chi connectivity index (χ1) is 30.4. The molecule has 3 aromatic rings. The highest BCUT2D eigenvalue weighted by Gasteiger charge is 2.49. The smallest absolute Gasteiger partial charge is 0.493 e. The van der Waals surface area contributed by atoms with Crippen molar-refractivity contribution in [1.82, 2.24) is 14.7 Å². The molecule has 0 spiro atoms. The Balaban J connectivity index is 0.843. The van der Waals surface area contributed by atoms with Crippen LogP contribution in [0.3, 0.4) is 0 Å². The molecular formula is C48H64F3N3O8S. The van der Waals surface area contributed by atoms with Crippen LogP contribution in [0.25, 0.3) is 0 Å². The van der Waals surface area contributed by atoms with Crippen molar-refractivity contribution in [3.63, 3.8) is 0 Å². The lowest BCUT2D eigenvalue weighted by Crippen LogP contribution is -2.38. The lowest BCUT2D eigenvalue weighted by Gasteiger charge is -2.31. The third-order valence-corrected chi connectivity index (χ3v) is 14.6. The quantitative estimate of drug-likeness (QED) is 0.0554. The minimum absolute atomic E-state index is 0.0240. The lowest BCUT2D eigenvalue weighted by atomic mass is 10.1. The molecule has 346 valence electrons. The van der Waals surface area contributed by atoms with Crippen LogP contribution in [0.2, 0.25) is 0 Å². The van der Waals surface area contributed by atoms with Crippen LogP contribution >= 0.6 is 0 Å². The van der Waals surface area contributed by atoms with Gasteiger partial charge in [-0.3, -0.25) is 14.7 Å². The third kappa shape index (κ3) is 10.6. The molecule has 11 nitrogen and oxygen atoms in total. The average molecular weight is 900 g/mol. The fourth-order valence-electron chi connectivity index (χ4n) is 10.5. The van der Waals surface area contributed by atoms with Gasteiger partial charge in [0, 0.05) is 18.1 Å². The first-order valence-corrected chi connectivity index (χ1v) is 24.6. The number of methoxy groups -OCH3 is 1.